The molecule has 104 valence electrons. The molecule has 2 bridgehead atoms. The van der Waals surface area contributed by atoms with Gasteiger partial charge in [0.05, 0.1) is 6.20 Å². The standard InChI is InChI=1S/C16H20N4/c17-15-14(11-18-19-15)12-1-3-13(4-2-12)16-5-8-20(9-6-16)10-7-16/h1-4,11H,5-10H2,(H3,17,18,19). The maximum Gasteiger partial charge on any atom is 0.126 e. The number of anilines is 1. The lowest BCUT2D eigenvalue weighted by Crippen LogP contribution is -2.50. The first-order chi connectivity index (χ1) is 9.77. The van der Waals surface area contributed by atoms with E-state index in [1.54, 1.807) is 6.20 Å². The fourth-order valence-corrected chi connectivity index (χ4v) is 3.79. The average molecular weight is 268 g/mol. The van der Waals surface area contributed by atoms with Crippen molar-refractivity contribution in [2.75, 3.05) is 25.4 Å². The van der Waals surface area contributed by atoms with Crippen LogP contribution in [-0.2, 0) is 5.41 Å². The number of nitrogens with one attached hydrogen (secondary N) is 1. The molecule has 0 unspecified atom stereocenters. The Kier molecular flexibility index (Phi) is 2.60. The molecule has 3 aliphatic rings. The molecule has 5 rings (SSSR count). The topological polar surface area (TPSA) is 57.9 Å². The largest absolute Gasteiger partial charge is 0.384 e. The molecular formula is C16H20N4. The summed E-state index contributed by atoms with van der Waals surface area (Å²) in [6.45, 7) is 3.78. The number of hydrogen-bond acceptors (Lipinski definition) is 3. The molecule has 0 aliphatic carbocycles. The summed E-state index contributed by atoms with van der Waals surface area (Å²) < 4.78 is 0. The molecule has 3 saturated heterocycles. The first kappa shape index (κ1) is 12.0. The second-order valence-electron chi connectivity index (χ2n) is 6.15. The molecule has 4 nitrogen and oxygen atoms in total. The van der Waals surface area contributed by atoms with Gasteiger partial charge in [0.2, 0.25) is 0 Å². The second kappa shape index (κ2) is 4.35. The van der Waals surface area contributed by atoms with E-state index < -0.39 is 0 Å². The van der Waals surface area contributed by atoms with Crippen LogP contribution < -0.4 is 5.73 Å². The third kappa shape index (κ3) is 1.75. The zero-order valence-corrected chi connectivity index (χ0v) is 11.6. The highest BCUT2D eigenvalue weighted by molar-refractivity contribution is 5.73. The first-order valence-electron chi connectivity index (χ1n) is 7.39. The van der Waals surface area contributed by atoms with Gasteiger partial charge in [-0.15, -0.1) is 0 Å². The van der Waals surface area contributed by atoms with E-state index in [4.69, 9.17) is 5.73 Å². The van der Waals surface area contributed by atoms with Crippen LogP contribution >= 0.6 is 0 Å². The summed E-state index contributed by atoms with van der Waals surface area (Å²) in [4.78, 5) is 2.59. The molecule has 4 heterocycles. The van der Waals surface area contributed by atoms with Gasteiger partial charge >= 0.3 is 0 Å². The summed E-state index contributed by atoms with van der Waals surface area (Å²) in [7, 11) is 0. The third-order valence-corrected chi connectivity index (χ3v) is 5.20. The van der Waals surface area contributed by atoms with Gasteiger partial charge in [0, 0.05) is 5.56 Å². The van der Waals surface area contributed by atoms with E-state index in [0.29, 0.717) is 11.2 Å². The van der Waals surface area contributed by atoms with Crippen LogP contribution in [0.5, 0.6) is 0 Å². The Morgan fingerprint density at radius 1 is 1.05 bits per heavy atom. The van der Waals surface area contributed by atoms with Crippen LogP contribution in [0.1, 0.15) is 24.8 Å². The van der Waals surface area contributed by atoms with E-state index in [9.17, 15) is 0 Å². The Hall–Kier alpha value is -1.81. The van der Waals surface area contributed by atoms with Crippen molar-refractivity contribution < 1.29 is 0 Å². The number of aromatic amines is 1. The van der Waals surface area contributed by atoms with Gasteiger partial charge in [-0.2, -0.15) is 5.10 Å². The highest BCUT2D eigenvalue weighted by atomic mass is 15.1. The molecule has 0 amide bonds. The van der Waals surface area contributed by atoms with Crippen molar-refractivity contribution in [3.63, 3.8) is 0 Å². The highest BCUT2D eigenvalue weighted by Crippen LogP contribution is 2.43. The van der Waals surface area contributed by atoms with Gasteiger partial charge in [-0.1, -0.05) is 24.3 Å². The van der Waals surface area contributed by atoms with E-state index in [1.807, 2.05) is 0 Å². The van der Waals surface area contributed by atoms with Gasteiger partial charge in [0.1, 0.15) is 5.82 Å². The monoisotopic (exact) mass is 268 g/mol. The Morgan fingerprint density at radius 2 is 1.70 bits per heavy atom. The summed E-state index contributed by atoms with van der Waals surface area (Å²) in [5.74, 6) is 0.641. The van der Waals surface area contributed by atoms with Crippen molar-refractivity contribution in [2.45, 2.75) is 24.7 Å². The van der Waals surface area contributed by atoms with Crippen LogP contribution in [0, 0.1) is 0 Å². The summed E-state index contributed by atoms with van der Waals surface area (Å²) in [5.41, 5.74) is 9.95. The summed E-state index contributed by atoms with van der Waals surface area (Å²) >= 11 is 0. The fraction of sp³-hybridized carbons (Fsp3) is 0.438. The number of fused-ring (bicyclic) bond motifs is 3. The Bertz CT molecular complexity index is 592. The minimum absolute atomic E-state index is 0.426. The lowest BCUT2D eigenvalue weighted by Gasteiger charge is -2.49. The number of nitrogens with two attached hydrogens (primary N) is 1. The number of nitrogens with zero attached hydrogens (tertiary/aromatic N) is 2. The van der Waals surface area contributed by atoms with E-state index in [2.05, 4.69) is 39.4 Å². The first-order valence-corrected chi connectivity index (χ1v) is 7.39. The number of benzene rings is 1. The highest BCUT2D eigenvalue weighted by Gasteiger charge is 2.40. The van der Waals surface area contributed by atoms with Gasteiger partial charge in [0.15, 0.2) is 0 Å². The smallest absolute Gasteiger partial charge is 0.126 e. The van der Waals surface area contributed by atoms with E-state index >= 15 is 0 Å². The van der Waals surface area contributed by atoms with Crippen LogP contribution in [0.15, 0.2) is 30.5 Å². The minimum Gasteiger partial charge on any atom is -0.384 e. The van der Waals surface area contributed by atoms with Crippen LogP contribution in [0.2, 0.25) is 0 Å². The van der Waals surface area contributed by atoms with Crippen molar-refractivity contribution in [2.24, 2.45) is 0 Å². The maximum absolute atomic E-state index is 5.89. The van der Waals surface area contributed by atoms with Crippen molar-refractivity contribution >= 4 is 5.82 Å². The van der Waals surface area contributed by atoms with Crippen molar-refractivity contribution in [3.8, 4) is 11.1 Å². The van der Waals surface area contributed by atoms with Gasteiger partial charge in [-0.3, -0.25) is 5.10 Å². The molecule has 0 spiro atoms. The van der Waals surface area contributed by atoms with E-state index in [1.165, 1.54) is 44.5 Å². The third-order valence-electron chi connectivity index (χ3n) is 5.20. The lowest BCUT2D eigenvalue weighted by molar-refractivity contribution is 0.0818. The number of rotatable bonds is 2. The summed E-state index contributed by atoms with van der Waals surface area (Å²) in [6, 6.07) is 8.96. The average Bonchev–Trinajstić information content (AvgIpc) is 2.95. The molecule has 3 aliphatic heterocycles. The Labute approximate surface area is 119 Å². The fourth-order valence-electron chi connectivity index (χ4n) is 3.79. The molecule has 4 heteroatoms. The van der Waals surface area contributed by atoms with E-state index in [0.717, 1.165) is 11.1 Å². The molecule has 1 aromatic carbocycles. The lowest BCUT2D eigenvalue weighted by atomic mass is 9.67. The maximum atomic E-state index is 5.89. The molecule has 0 atom stereocenters. The van der Waals surface area contributed by atoms with Crippen molar-refractivity contribution in [1.29, 1.82) is 0 Å². The van der Waals surface area contributed by atoms with Gasteiger partial charge < -0.3 is 10.6 Å². The zero-order valence-electron chi connectivity index (χ0n) is 11.6. The van der Waals surface area contributed by atoms with Crippen LogP contribution in [0.4, 0.5) is 5.82 Å². The Morgan fingerprint density at radius 3 is 2.25 bits per heavy atom. The predicted octanol–water partition coefficient (Wildman–Crippen LogP) is 2.40. The number of aromatic nitrogens is 2. The number of piperidine rings is 3. The minimum atomic E-state index is 0.426. The van der Waals surface area contributed by atoms with Crippen molar-refractivity contribution in [3.05, 3.63) is 36.0 Å². The van der Waals surface area contributed by atoms with E-state index in [-0.39, 0.29) is 0 Å². The normalized spacial score (nSPS) is 28.7. The summed E-state index contributed by atoms with van der Waals surface area (Å²) in [5, 5.41) is 6.78. The number of hydrogen-bond donors (Lipinski definition) is 2. The van der Waals surface area contributed by atoms with Crippen LogP contribution in [-0.4, -0.2) is 34.7 Å². The molecule has 0 saturated carbocycles. The van der Waals surface area contributed by atoms with Crippen LogP contribution in [0.3, 0.4) is 0 Å². The van der Waals surface area contributed by atoms with Gasteiger partial charge in [-0.25, -0.2) is 0 Å². The molecule has 1 aromatic heterocycles. The molecule has 3 N–H and O–H groups in total. The number of nitrogen functional groups attached to an aromatic ring is 1. The molecule has 20 heavy (non-hydrogen) atoms. The quantitative estimate of drug-likeness (QED) is 0.879. The number of H-pyrrole nitrogens is 1. The van der Waals surface area contributed by atoms with Gasteiger partial charge in [0.25, 0.3) is 0 Å². The van der Waals surface area contributed by atoms with Crippen LogP contribution in [0.25, 0.3) is 11.1 Å². The zero-order chi connectivity index (χ0) is 13.6. The summed E-state index contributed by atoms with van der Waals surface area (Å²) in [6.07, 6.45) is 5.71. The second-order valence-corrected chi connectivity index (χ2v) is 6.15. The predicted molar refractivity (Wildman–Crippen MR) is 80.4 cm³/mol. The molecule has 0 radical (unpaired) electrons. The Balaban J connectivity index is 1.66. The molecular weight excluding hydrogens is 248 g/mol. The molecule has 3 fully saturated rings. The van der Waals surface area contributed by atoms with Gasteiger partial charge in [-0.05, 0) is 55.4 Å². The van der Waals surface area contributed by atoms with Crippen molar-refractivity contribution in [1.82, 2.24) is 15.1 Å². The molecule has 2 aromatic rings. The SMILES string of the molecule is Nc1[nH]ncc1-c1ccc(C23CCN(CC2)CC3)cc1.